The summed E-state index contributed by atoms with van der Waals surface area (Å²) < 4.78 is 39.8. The number of benzene rings is 3. The van der Waals surface area contributed by atoms with Crippen molar-refractivity contribution >= 4 is 27.0 Å². The number of aryl methyl sites for hydroxylation is 3. The van der Waals surface area contributed by atoms with Crippen LogP contribution < -0.4 is 15.1 Å². The average molecular weight is 506 g/mol. The lowest BCUT2D eigenvalue weighted by Crippen LogP contribution is -2.44. The lowest BCUT2D eigenvalue weighted by atomic mass is 10.0. The smallest absolute Gasteiger partial charge is 0.339 e. The van der Waals surface area contributed by atoms with Crippen LogP contribution in [0.5, 0.6) is 5.75 Å². The van der Waals surface area contributed by atoms with Gasteiger partial charge in [-0.2, -0.15) is 4.72 Å². The topological polar surface area (TPSA) is 103 Å². The van der Waals surface area contributed by atoms with E-state index < -0.39 is 27.7 Å². The predicted octanol–water partition coefficient (Wildman–Crippen LogP) is 4.52. The maximum Gasteiger partial charge on any atom is 0.339 e. The highest BCUT2D eigenvalue weighted by Gasteiger charge is 2.28. The van der Waals surface area contributed by atoms with Gasteiger partial charge in [-0.05, 0) is 69.5 Å². The van der Waals surface area contributed by atoms with Crippen molar-refractivity contribution in [2.24, 2.45) is 0 Å². The average Bonchev–Trinajstić information content (AvgIpc) is 2.85. The summed E-state index contributed by atoms with van der Waals surface area (Å²) in [5, 5.41) is 0.741. The van der Waals surface area contributed by atoms with E-state index in [9.17, 15) is 18.0 Å². The van der Waals surface area contributed by atoms with Gasteiger partial charge in [-0.3, -0.25) is 0 Å². The normalized spacial score (nSPS) is 12.4. The largest absolute Gasteiger partial charge is 0.425 e. The van der Waals surface area contributed by atoms with Crippen molar-refractivity contribution in [3.63, 3.8) is 0 Å². The SMILES string of the molecule is Cc1ccc(S(=O)(=O)N[C@@H](Cc2ccccc2)C(=O)Oc2ccc3c(C)c(C)c(=O)oc3c2C)cc1. The Hall–Kier alpha value is -3.75. The van der Waals surface area contributed by atoms with E-state index in [1.54, 1.807) is 38.1 Å². The molecule has 0 fully saturated rings. The first-order chi connectivity index (χ1) is 17.1. The van der Waals surface area contributed by atoms with Crippen LogP contribution in [0, 0.1) is 27.7 Å². The molecule has 4 aromatic rings. The molecule has 0 bridgehead atoms. The molecule has 0 aliphatic carbocycles. The maximum atomic E-state index is 13.3. The van der Waals surface area contributed by atoms with E-state index in [-0.39, 0.29) is 17.1 Å². The number of rotatable bonds is 7. The molecule has 7 nitrogen and oxygen atoms in total. The van der Waals surface area contributed by atoms with E-state index in [0.717, 1.165) is 22.1 Å². The van der Waals surface area contributed by atoms with Gasteiger partial charge >= 0.3 is 11.6 Å². The van der Waals surface area contributed by atoms with E-state index >= 15 is 0 Å². The van der Waals surface area contributed by atoms with E-state index in [2.05, 4.69) is 4.72 Å². The minimum Gasteiger partial charge on any atom is -0.425 e. The number of fused-ring (bicyclic) bond motifs is 1. The van der Waals surface area contributed by atoms with Crippen LogP contribution in [-0.2, 0) is 21.2 Å². The van der Waals surface area contributed by atoms with Crippen molar-refractivity contribution in [2.75, 3.05) is 0 Å². The molecule has 36 heavy (non-hydrogen) atoms. The minimum absolute atomic E-state index is 0.0495. The van der Waals surface area contributed by atoms with Crippen LogP contribution in [0.4, 0.5) is 0 Å². The molecule has 8 heteroatoms. The van der Waals surface area contributed by atoms with Gasteiger partial charge < -0.3 is 9.15 Å². The molecule has 4 rings (SSSR count). The second-order valence-corrected chi connectivity index (χ2v) is 10.5. The van der Waals surface area contributed by atoms with Gasteiger partial charge in [-0.25, -0.2) is 18.0 Å². The molecule has 3 aromatic carbocycles. The molecule has 1 aromatic heterocycles. The van der Waals surface area contributed by atoms with Crippen LogP contribution in [0.2, 0.25) is 0 Å². The Morgan fingerprint density at radius 2 is 1.56 bits per heavy atom. The highest BCUT2D eigenvalue weighted by Crippen LogP contribution is 2.29. The number of hydrogen-bond donors (Lipinski definition) is 1. The molecule has 0 spiro atoms. The minimum atomic E-state index is -4.01. The maximum absolute atomic E-state index is 13.3. The molecule has 0 radical (unpaired) electrons. The second-order valence-electron chi connectivity index (χ2n) is 8.80. The molecular weight excluding hydrogens is 478 g/mol. The Morgan fingerprint density at radius 3 is 2.22 bits per heavy atom. The van der Waals surface area contributed by atoms with Crippen molar-refractivity contribution in [2.45, 2.75) is 45.1 Å². The van der Waals surface area contributed by atoms with Gasteiger partial charge in [0.15, 0.2) is 0 Å². The number of nitrogens with one attached hydrogen (secondary N) is 1. The first-order valence-electron chi connectivity index (χ1n) is 11.4. The molecule has 0 aliphatic rings. The summed E-state index contributed by atoms with van der Waals surface area (Å²) in [6.45, 7) is 7.06. The Labute approximate surface area is 209 Å². The van der Waals surface area contributed by atoms with Crippen LogP contribution in [0.25, 0.3) is 11.0 Å². The monoisotopic (exact) mass is 505 g/mol. The first kappa shape index (κ1) is 25.3. The molecule has 186 valence electrons. The summed E-state index contributed by atoms with van der Waals surface area (Å²) in [4.78, 5) is 25.6. The van der Waals surface area contributed by atoms with Crippen LogP contribution in [0.1, 0.15) is 27.8 Å². The van der Waals surface area contributed by atoms with E-state index in [4.69, 9.17) is 9.15 Å². The molecule has 1 heterocycles. The third-order valence-electron chi connectivity index (χ3n) is 6.23. The van der Waals surface area contributed by atoms with Crippen molar-refractivity contribution in [3.8, 4) is 5.75 Å². The molecule has 0 aliphatic heterocycles. The highest BCUT2D eigenvalue weighted by molar-refractivity contribution is 7.89. The van der Waals surface area contributed by atoms with E-state index in [1.165, 1.54) is 12.1 Å². The lowest BCUT2D eigenvalue weighted by molar-refractivity contribution is -0.136. The summed E-state index contributed by atoms with van der Waals surface area (Å²) in [6, 6.07) is 17.6. The summed E-state index contributed by atoms with van der Waals surface area (Å²) >= 11 is 0. The number of carbonyl (C=O) groups excluding carboxylic acids is 1. The zero-order valence-electron chi connectivity index (χ0n) is 20.5. The zero-order valence-corrected chi connectivity index (χ0v) is 21.3. The Morgan fingerprint density at radius 1 is 0.889 bits per heavy atom. The van der Waals surface area contributed by atoms with Crippen molar-refractivity contribution in [1.29, 1.82) is 0 Å². The summed E-state index contributed by atoms with van der Waals surface area (Å²) in [6.07, 6.45) is 0.0881. The van der Waals surface area contributed by atoms with Gasteiger partial charge in [0.05, 0.1) is 4.90 Å². The number of hydrogen-bond acceptors (Lipinski definition) is 6. The third kappa shape index (κ3) is 5.24. The van der Waals surface area contributed by atoms with Crippen LogP contribution in [0.15, 0.2) is 80.8 Å². The quantitative estimate of drug-likeness (QED) is 0.225. The predicted molar refractivity (Wildman–Crippen MR) is 138 cm³/mol. The summed E-state index contributed by atoms with van der Waals surface area (Å²) in [7, 11) is -4.01. The van der Waals surface area contributed by atoms with Crippen LogP contribution >= 0.6 is 0 Å². The number of carbonyl (C=O) groups is 1. The van der Waals surface area contributed by atoms with Crippen LogP contribution in [0.3, 0.4) is 0 Å². The van der Waals surface area contributed by atoms with Crippen LogP contribution in [-0.4, -0.2) is 20.4 Å². The van der Waals surface area contributed by atoms with Crippen molar-refractivity contribution in [3.05, 3.63) is 105 Å². The summed E-state index contributed by atoms with van der Waals surface area (Å²) in [5.74, 6) is -0.588. The zero-order chi connectivity index (χ0) is 26.0. The van der Waals surface area contributed by atoms with Gasteiger partial charge in [0.25, 0.3) is 0 Å². The van der Waals surface area contributed by atoms with Gasteiger partial charge in [-0.1, -0.05) is 48.0 Å². The Bertz CT molecular complexity index is 1590. The Balaban J connectivity index is 1.68. The van der Waals surface area contributed by atoms with Crippen molar-refractivity contribution < 1.29 is 22.4 Å². The number of ether oxygens (including phenoxy) is 1. The van der Waals surface area contributed by atoms with Gasteiger partial charge in [0.1, 0.15) is 17.4 Å². The fraction of sp³-hybridized carbons (Fsp3) is 0.214. The van der Waals surface area contributed by atoms with Crippen molar-refractivity contribution in [1.82, 2.24) is 4.72 Å². The molecular formula is C28H27NO6S. The number of esters is 1. The molecule has 0 saturated carbocycles. The fourth-order valence-corrected chi connectivity index (χ4v) is 5.10. The standard InChI is InChI=1S/C28H27NO6S/c1-17-10-12-22(13-11-17)36(32,33)29-24(16-21-8-6-5-7-9-21)28(31)34-25-15-14-23-18(2)19(3)27(30)35-26(23)20(25)4/h5-15,24,29H,16H2,1-4H3/t24-/m0/s1. The van der Waals surface area contributed by atoms with Gasteiger partial charge in [0, 0.05) is 16.5 Å². The van der Waals surface area contributed by atoms with Gasteiger partial charge in [-0.15, -0.1) is 0 Å². The lowest BCUT2D eigenvalue weighted by Gasteiger charge is -2.19. The molecule has 1 atom stereocenters. The van der Waals surface area contributed by atoms with E-state index in [0.29, 0.717) is 16.7 Å². The van der Waals surface area contributed by atoms with Gasteiger partial charge in [0.2, 0.25) is 10.0 Å². The first-order valence-corrected chi connectivity index (χ1v) is 12.9. The molecule has 0 unspecified atom stereocenters. The molecule has 1 N–H and O–H groups in total. The third-order valence-corrected chi connectivity index (χ3v) is 7.72. The van der Waals surface area contributed by atoms with E-state index in [1.807, 2.05) is 44.2 Å². The Kier molecular flexibility index (Phi) is 7.10. The summed E-state index contributed by atoms with van der Waals surface area (Å²) in [5.41, 5.74) is 3.32. The number of sulfonamides is 1. The second kappa shape index (κ2) is 10.1. The molecule has 0 amide bonds. The highest BCUT2D eigenvalue weighted by atomic mass is 32.2. The molecule has 0 saturated heterocycles. The fourth-order valence-electron chi connectivity index (χ4n) is 3.91.